The SMILES string of the molecule is CN/C=C1C=C(/C=C(\N=C(/NC=O)c2ccc(C#N)c(F)c2)N2CCC(N)CC2)C=CC/1=N. The number of hydrogen-bond acceptors (Lipinski definition) is 7. The molecule has 1 aromatic rings. The van der Waals surface area contributed by atoms with Crippen LogP contribution in [-0.2, 0) is 4.79 Å². The van der Waals surface area contributed by atoms with E-state index in [1.807, 2.05) is 18.2 Å². The van der Waals surface area contributed by atoms with Crippen LogP contribution < -0.4 is 16.4 Å². The molecule has 0 saturated carbocycles. The standard InChI is InChI=1S/C24H26FN7O/c1-29-14-19-10-16(2-5-22(19)28)11-23(32-8-6-20(27)7-9-32)31-24(30-15-33)17-3-4-18(13-26)21(25)12-17/h2-5,10-12,14-15,20,28-29H,6-9,27H2,1H3,(H,30,31,33)/b19-14-,23-11+,28-22?. The summed E-state index contributed by atoms with van der Waals surface area (Å²) in [6, 6.07) is 5.96. The van der Waals surface area contributed by atoms with Crippen LogP contribution >= 0.6 is 0 Å². The van der Waals surface area contributed by atoms with Gasteiger partial charge in [0.2, 0.25) is 6.41 Å². The molecule has 170 valence electrons. The molecule has 3 rings (SSSR count). The lowest BCUT2D eigenvalue weighted by molar-refractivity contribution is -0.108. The number of rotatable bonds is 6. The van der Waals surface area contributed by atoms with E-state index in [1.54, 1.807) is 25.4 Å². The van der Waals surface area contributed by atoms with E-state index in [1.165, 1.54) is 18.2 Å². The summed E-state index contributed by atoms with van der Waals surface area (Å²) in [7, 11) is 1.77. The molecule has 0 bridgehead atoms. The fourth-order valence-electron chi connectivity index (χ4n) is 3.52. The first-order chi connectivity index (χ1) is 15.9. The predicted octanol–water partition coefficient (Wildman–Crippen LogP) is 2.07. The summed E-state index contributed by atoms with van der Waals surface area (Å²) in [5.41, 5.74) is 8.23. The van der Waals surface area contributed by atoms with E-state index in [9.17, 15) is 9.18 Å². The molecule has 1 heterocycles. The molecule has 33 heavy (non-hydrogen) atoms. The lowest BCUT2D eigenvalue weighted by atomic mass is 10.00. The molecule has 0 unspecified atom stereocenters. The number of nitrogens with one attached hydrogen (secondary N) is 3. The van der Waals surface area contributed by atoms with Gasteiger partial charge in [0.05, 0.1) is 11.3 Å². The van der Waals surface area contributed by atoms with Crippen molar-refractivity contribution in [2.24, 2.45) is 10.7 Å². The van der Waals surface area contributed by atoms with Gasteiger partial charge in [0.1, 0.15) is 23.5 Å². The van der Waals surface area contributed by atoms with Crippen molar-refractivity contribution in [3.8, 4) is 6.07 Å². The lowest BCUT2D eigenvalue weighted by Crippen LogP contribution is -2.39. The monoisotopic (exact) mass is 447 g/mol. The van der Waals surface area contributed by atoms with Crippen LogP contribution in [0.1, 0.15) is 24.0 Å². The Hall–Kier alpha value is -4.03. The Balaban J connectivity index is 2.07. The van der Waals surface area contributed by atoms with E-state index in [4.69, 9.17) is 16.4 Å². The Morgan fingerprint density at radius 1 is 1.36 bits per heavy atom. The van der Waals surface area contributed by atoms with Gasteiger partial charge in [-0.3, -0.25) is 4.79 Å². The van der Waals surface area contributed by atoms with Gasteiger partial charge < -0.3 is 26.7 Å². The predicted molar refractivity (Wildman–Crippen MR) is 126 cm³/mol. The Morgan fingerprint density at radius 2 is 2.12 bits per heavy atom. The topological polar surface area (TPSA) is 130 Å². The third-order valence-corrected chi connectivity index (χ3v) is 5.32. The molecular formula is C24H26FN7O. The van der Waals surface area contributed by atoms with Crippen molar-refractivity contribution in [3.05, 3.63) is 82.6 Å². The van der Waals surface area contributed by atoms with Crippen LogP contribution in [0.2, 0.25) is 0 Å². The Bertz CT molecular complexity index is 1120. The highest BCUT2D eigenvalue weighted by atomic mass is 19.1. The first kappa shape index (κ1) is 23.6. The summed E-state index contributed by atoms with van der Waals surface area (Å²) in [5, 5.41) is 22.5. The first-order valence-corrected chi connectivity index (χ1v) is 10.5. The van der Waals surface area contributed by atoms with Gasteiger partial charge in [-0.05, 0) is 54.8 Å². The molecule has 0 aromatic heterocycles. The highest BCUT2D eigenvalue weighted by Gasteiger charge is 2.20. The molecule has 9 heteroatoms. The fraction of sp³-hybridized carbons (Fsp3) is 0.250. The number of amidine groups is 1. The summed E-state index contributed by atoms with van der Waals surface area (Å²) >= 11 is 0. The van der Waals surface area contributed by atoms with E-state index in [0.717, 1.165) is 24.0 Å². The zero-order valence-electron chi connectivity index (χ0n) is 18.3. The molecule has 0 radical (unpaired) electrons. The van der Waals surface area contributed by atoms with Crippen molar-refractivity contribution in [2.75, 3.05) is 20.1 Å². The number of nitrogens with two attached hydrogens (primary N) is 1. The minimum Gasteiger partial charge on any atom is -0.393 e. The van der Waals surface area contributed by atoms with Crippen LogP contribution in [0, 0.1) is 22.6 Å². The van der Waals surface area contributed by atoms with Crippen LogP contribution in [-0.4, -0.2) is 49.0 Å². The van der Waals surface area contributed by atoms with Gasteiger partial charge in [-0.15, -0.1) is 0 Å². The second-order valence-electron chi connectivity index (χ2n) is 7.64. The fourth-order valence-corrected chi connectivity index (χ4v) is 3.52. The maximum atomic E-state index is 14.2. The van der Waals surface area contributed by atoms with Gasteiger partial charge in [0.15, 0.2) is 0 Å². The number of piperidine rings is 1. The molecule has 1 aromatic carbocycles. The second kappa shape index (κ2) is 11.0. The highest BCUT2D eigenvalue weighted by molar-refractivity contribution is 6.10. The summed E-state index contributed by atoms with van der Waals surface area (Å²) in [6.07, 6.45) is 11.0. The number of aliphatic imine (C=N–C) groups is 1. The third-order valence-electron chi connectivity index (χ3n) is 5.32. The molecular weight excluding hydrogens is 421 g/mol. The van der Waals surface area contributed by atoms with E-state index >= 15 is 0 Å². The molecule has 1 amide bonds. The number of nitrogens with zero attached hydrogens (tertiary/aromatic N) is 3. The number of carbonyl (C=O) groups is 1. The van der Waals surface area contributed by atoms with Gasteiger partial charge >= 0.3 is 0 Å². The average molecular weight is 448 g/mol. The number of hydrogen-bond donors (Lipinski definition) is 4. The molecule has 0 spiro atoms. The smallest absolute Gasteiger partial charge is 0.212 e. The summed E-state index contributed by atoms with van der Waals surface area (Å²) in [5.74, 6) is 0.0425. The van der Waals surface area contributed by atoms with Gasteiger partial charge in [0, 0.05) is 43.5 Å². The van der Waals surface area contributed by atoms with Gasteiger partial charge in [-0.1, -0.05) is 6.08 Å². The van der Waals surface area contributed by atoms with E-state index in [2.05, 4.69) is 20.5 Å². The summed E-state index contributed by atoms with van der Waals surface area (Å²) < 4.78 is 14.2. The van der Waals surface area contributed by atoms with Crippen molar-refractivity contribution in [3.63, 3.8) is 0 Å². The highest BCUT2D eigenvalue weighted by Crippen LogP contribution is 2.21. The van der Waals surface area contributed by atoms with Crippen molar-refractivity contribution >= 4 is 18.0 Å². The molecule has 2 aliphatic rings. The number of amides is 1. The minimum absolute atomic E-state index is 0.0891. The molecule has 1 aliphatic heterocycles. The zero-order valence-corrected chi connectivity index (χ0v) is 18.3. The number of carbonyl (C=O) groups excluding carboxylic acids is 1. The third kappa shape index (κ3) is 6.02. The summed E-state index contributed by atoms with van der Waals surface area (Å²) in [4.78, 5) is 18.0. The second-order valence-corrected chi connectivity index (χ2v) is 7.64. The zero-order chi connectivity index (χ0) is 23.8. The maximum Gasteiger partial charge on any atom is 0.212 e. The van der Waals surface area contributed by atoms with Gasteiger partial charge in [-0.25, -0.2) is 9.38 Å². The Labute approximate surface area is 192 Å². The van der Waals surface area contributed by atoms with Crippen LogP contribution in [0.3, 0.4) is 0 Å². The molecule has 1 saturated heterocycles. The quantitative estimate of drug-likeness (QED) is 0.301. The number of benzene rings is 1. The Morgan fingerprint density at radius 3 is 2.76 bits per heavy atom. The van der Waals surface area contributed by atoms with E-state index in [-0.39, 0.29) is 17.4 Å². The molecule has 1 fully saturated rings. The molecule has 0 atom stereocenters. The van der Waals surface area contributed by atoms with Crippen molar-refractivity contribution in [2.45, 2.75) is 18.9 Å². The van der Waals surface area contributed by atoms with Crippen LogP contribution in [0.25, 0.3) is 0 Å². The van der Waals surface area contributed by atoms with Crippen molar-refractivity contribution in [1.82, 2.24) is 15.5 Å². The van der Waals surface area contributed by atoms with Crippen LogP contribution in [0.4, 0.5) is 4.39 Å². The van der Waals surface area contributed by atoms with Crippen LogP contribution in [0.15, 0.2) is 70.7 Å². The molecule has 5 N–H and O–H groups in total. The van der Waals surface area contributed by atoms with E-state index in [0.29, 0.717) is 36.6 Å². The van der Waals surface area contributed by atoms with Gasteiger partial charge in [0.25, 0.3) is 0 Å². The lowest BCUT2D eigenvalue weighted by Gasteiger charge is -2.32. The number of allylic oxidation sites excluding steroid dienone is 6. The Kier molecular flexibility index (Phi) is 7.89. The van der Waals surface area contributed by atoms with E-state index < -0.39 is 5.82 Å². The molecule has 1 aliphatic carbocycles. The van der Waals surface area contributed by atoms with Gasteiger partial charge in [-0.2, -0.15) is 5.26 Å². The number of halogens is 1. The van der Waals surface area contributed by atoms with Crippen molar-refractivity contribution < 1.29 is 9.18 Å². The summed E-state index contributed by atoms with van der Waals surface area (Å²) in [6.45, 7) is 1.36. The largest absolute Gasteiger partial charge is 0.393 e. The number of likely N-dealkylation sites (tertiary alicyclic amines) is 1. The molecule has 8 nitrogen and oxygen atoms in total. The minimum atomic E-state index is -0.692. The first-order valence-electron chi connectivity index (χ1n) is 10.5. The normalized spacial score (nSPS) is 18.7. The van der Waals surface area contributed by atoms with Crippen LogP contribution in [0.5, 0.6) is 0 Å². The number of nitriles is 1. The average Bonchev–Trinajstić information content (AvgIpc) is 2.81. The van der Waals surface area contributed by atoms with Crippen molar-refractivity contribution in [1.29, 1.82) is 10.7 Å². The maximum absolute atomic E-state index is 14.2.